The number of ether oxygens (including phenoxy) is 1. The van der Waals surface area contributed by atoms with Crippen molar-refractivity contribution in [1.29, 1.82) is 0 Å². The Morgan fingerprint density at radius 3 is 2.62 bits per heavy atom. The third-order valence-electron chi connectivity index (χ3n) is 3.06. The van der Waals surface area contributed by atoms with Crippen molar-refractivity contribution in [2.45, 2.75) is 12.8 Å². The smallest absolute Gasteiger partial charge is 0.0594 e. The Balaban J connectivity index is 1.50. The molecule has 0 bridgehead atoms. The first kappa shape index (κ1) is 9.44. The van der Waals surface area contributed by atoms with Gasteiger partial charge in [0.2, 0.25) is 0 Å². The molecule has 2 aliphatic heterocycles. The summed E-state index contributed by atoms with van der Waals surface area (Å²) in [6.45, 7) is 7.94. The van der Waals surface area contributed by atoms with E-state index in [1.165, 1.54) is 32.5 Å². The summed E-state index contributed by atoms with van der Waals surface area (Å²) in [6.07, 6.45) is 2.77. The Bertz CT molecular complexity index is 142. The Morgan fingerprint density at radius 2 is 2.00 bits per heavy atom. The number of nitrogens with one attached hydrogen (secondary N) is 1. The van der Waals surface area contributed by atoms with E-state index in [1.54, 1.807) is 0 Å². The van der Waals surface area contributed by atoms with Gasteiger partial charge in [-0.25, -0.2) is 0 Å². The fourth-order valence-corrected chi connectivity index (χ4v) is 1.98. The number of hydrogen-bond donors (Lipinski definition) is 1. The molecule has 76 valence electrons. The van der Waals surface area contributed by atoms with E-state index in [9.17, 15) is 0 Å². The highest BCUT2D eigenvalue weighted by molar-refractivity contribution is 4.75. The van der Waals surface area contributed by atoms with Crippen molar-refractivity contribution < 1.29 is 4.74 Å². The van der Waals surface area contributed by atoms with E-state index in [1.807, 2.05) is 0 Å². The summed E-state index contributed by atoms with van der Waals surface area (Å²) in [5, 5.41) is 3.32. The summed E-state index contributed by atoms with van der Waals surface area (Å²) in [5.41, 5.74) is 0. The molecule has 0 aromatic rings. The number of hydrogen-bond acceptors (Lipinski definition) is 3. The standard InChI is InChI=1S/C10H20N2O/c1(2-10-8-11-9-10)3-12-4-6-13-7-5-12/h10-11H,1-9H2. The highest BCUT2D eigenvalue weighted by atomic mass is 16.5. The average Bonchev–Trinajstić information content (AvgIpc) is 2.11. The Hall–Kier alpha value is -0.120. The minimum absolute atomic E-state index is 0.936. The lowest BCUT2D eigenvalue weighted by Gasteiger charge is -2.30. The zero-order valence-corrected chi connectivity index (χ0v) is 8.30. The van der Waals surface area contributed by atoms with Crippen molar-refractivity contribution in [3.8, 4) is 0 Å². The first-order valence-electron chi connectivity index (χ1n) is 5.46. The van der Waals surface area contributed by atoms with Gasteiger partial charge in [0.25, 0.3) is 0 Å². The zero-order valence-electron chi connectivity index (χ0n) is 8.30. The van der Waals surface area contributed by atoms with Crippen LogP contribution in [0.5, 0.6) is 0 Å². The molecule has 2 rings (SSSR count). The largest absolute Gasteiger partial charge is 0.379 e. The van der Waals surface area contributed by atoms with E-state index in [4.69, 9.17) is 4.74 Å². The molecule has 0 aromatic carbocycles. The van der Waals surface area contributed by atoms with Crippen LogP contribution in [0.25, 0.3) is 0 Å². The topological polar surface area (TPSA) is 24.5 Å². The maximum absolute atomic E-state index is 5.31. The molecular weight excluding hydrogens is 164 g/mol. The lowest BCUT2D eigenvalue weighted by atomic mass is 9.97. The van der Waals surface area contributed by atoms with Crippen molar-refractivity contribution in [2.24, 2.45) is 5.92 Å². The quantitative estimate of drug-likeness (QED) is 0.681. The van der Waals surface area contributed by atoms with Crippen molar-refractivity contribution in [1.82, 2.24) is 10.2 Å². The molecule has 0 aromatic heterocycles. The predicted octanol–water partition coefficient (Wildman–Crippen LogP) is 0.318. The Labute approximate surface area is 80.4 Å². The molecule has 0 unspecified atom stereocenters. The minimum atomic E-state index is 0.936. The molecule has 3 nitrogen and oxygen atoms in total. The van der Waals surface area contributed by atoms with Crippen LogP contribution in [0.15, 0.2) is 0 Å². The van der Waals surface area contributed by atoms with Crippen molar-refractivity contribution in [2.75, 3.05) is 45.9 Å². The monoisotopic (exact) mass is 184 g/mol. The van der Waals surface area contributed by atoms with Crippen LogP contribution in [0.4, 0.5) is 0 Å². The lowest BCUT2D eigenvalue weighted by Crippen LogP contribution is -2.42. The second-order valence-electron chi connectivity index (χ2n) is 4.12. The van der Waals surface area contributed by atoms with Crippen molar-refractivity contribution in [3.05, 3.63) is 0 Å². The second kappa shape index (κ2) is 4.94. The molecular formula is C10H20N2O. The molecule has 1 N–H and O–H groups in total. The van der Waals surface area contributed by atoms with E-state index in [2.05, 4.69) is 10.2 Å². The van der Waals surface area contributed by atoms with E-state index in [0.717, 1.165) is 32.2 Å². The Kier molecular flexibility index (Phi) is 3.58. The second-order valence-corrected chi connectivity index (χ2v) is 4.12. The Morgan fingerprint density at radius 1 is 1.23 bits per heavy atom. The number of rotatable bonds is 4. The summed E-state index contributed by atoms with van der Waals surface area (Å²) >= 11 is 0. The first-order chi connectivity index (χ1) is 6.45. The molecule has 13 heavy (non-hydrogen) atoms. The molecule has 2 fully saturated rings. The van der Waals surface area contributed by atoms with Gasteiger partial charge in [-0.15, -0.1) is 0 Å². The highest BCUT2D eigenvalue weighted by Gasteiger charge is 2.16. The van der Waals surface area contributed by atoms with Crippen LogP contribution in [-0.4, -0.2) is 50.8 Å². The minimum Gasteiger partial charge on any atom is -0.379 e. The van der Waals surface area contributed by atoms with Gasteiger partial charge < -0.3 is 10.1 Å². The summed E-state index contributed by atoms with van der Waals surface area (Å²) in [7, 11) is 0. The van der Waals surface area contributed by atoms with Crippen LogP contribution in [0.1, 0.15) is 12.8 Å². The number of morpholine rings is 1. The van der Waals surface area contributed by atoms with E-state index in [0.29, 0.717) is 0 Å². The molecule has 0 saturated carbocycles. The predicted molar refractivity (Wildman–Crippen MR) is 52.9 cm³/mol. The summed E-state index contributed by atoms with van der Waals surface area (Å²) in [5.74, 6) is 0.973. The maximum atomic E-state index is 5.31. The van der Waals surface area contributed by atoms with Crippen LogP contribution in [0, 0.1) is 5.92 Å². The van der Waals surface area contributed by atoms with Crippen molar-refractivity contribution >= 4 is 0 Å². The van der Waals surface area contributed by atoms with Crippen LogP contribution < -0.4 is 5.32 Å². The summed E-state index contributed by atoms with van der Waals surface area (Å²) in [6, 6.07) is 0. The van der Waals surface area contributed by atoms with Crippen LogP contribution >= 0.6 is 0 Å². The zero-order chi connectivity index (χ0) is 8.93. The third kappa shape index (κ3) is 2.93. The van der Waals surface area contributed by atoms with Gasteiger partial charge in [-0.3, -0.25) is 4.90 Å². The molecule has 2 heterocycles. The SMILES string of the molecule is C(CC1CNC1)CN1CCOCC1. The summed E-state index contributed by atoms with van der Waals surface area (Å²) < 4.78 is 5.31. The molecule has 0 radical (unpaired) electrons. The molecule has 0 amide bonds. The molecule has 0 atom stereocenters. The van der Waals surface area contributed by atoms with Crippen LogP contribution in [-0.2, 0) is 4.74 Å². The highest BCUT2D eigenvalue weighted by Crippen LogP contribution is 2.11. The molecule has 3 heteroatoms. The normalized spacial score (nSPS) is 25.8. The maximum Gasteiger partial charge on any atom is 0.0594 e. The average molecular weight is 184 g/mol. The molecule has 2 saturated heterocycles. The van der Waals surface area contributed by atoms with Gasteiger partial charge in [0.05, 0.1) is 13.2 Å². The summed E-state index contributed by atoms with van der Waals surface area (Å²) in [4.78, 5) is 2.52. The van der Waals surface area contributed by atoms with Crippen LogP contribution in [0.2, 0.25) is 0 Å². The van der Waals surface area contributed by atoms with Gasteiger partial charge in [-0.2, -0.15) is 0 Å². The van der Waals surface area contributed by atoms with E-state index < -0.39 is 0 Å². The molecule has 2 aliphatic rings. The fraction of sp³-hybridized carbons (Fsp3) is 1.00. The van der Waals surface area contributed by atoms with Gasteiger partial charge in [0.1, 0.15) is 0 Å². The van der Waals surface area contributed by atoms with Gasteiger partial charge in [-0.1, -0.05) is 0 Å². The third-order valence-corrected chi connectivity index (χ3v) is 3.06. The van der Waals surface area contributed by atoms with Crippen molar-refractivity contribution in [3.63, 3.8) is 0 Å². The van der Waals surface area contributed by atoms with Gasteiger partial charge in [0, 0.05) is 13.1 Å². The van der Waals surface area contributed by atoms with Gasteiger partial charge >= 0.3 is 0 Å². The van der Waals surface area contributed by atoms with E-state index in [-0.39, 0.29) is 0 Å². The number of nitrogens with zero attached hydrogens (tertiary/aromatic N) is 1. The van der Waals surface area contributed by atoms with E-state index >= 15 is 0 Å². The fourth-order valence-electron chi connectivity index (χ4n) is 1.98. The lowest BCUT2D eigenvalue weighted by molar-refractivity contribution is 0.0363. The van der Waals surface area contributed by atoms with Gasteiger partial charge in [-0.05, 0) is 38.4 Å². The molecule has 0 spiro atoms. The first-order valence-corrected chi connectivity index (χ1v) is 5.46. The van der Waals surface area contributed by atoms with Gasteiger partial charge in [0.15, 0.2) is 0 Å². The molecule has 0 aliphatic carbocycles. The van der Waals surface area contributed by atoms with Crippen LogP contribution in [0.3, 0.4) is 0 Å².